The van der Waals surface area contributed by atoms with Crippen molar-refractivity contribution in [3.8, 4) is 0 Å². The Labute approximate surface area is 113 Å². The first-order chi connectivity index (χ1) is 9.04. The van der Waals surface area contributed by atoms with Crippen LogP contribution in [0.15, 0.2) is 18.2 Å². The molecule has 4 nitrogen and oxygen atoms in total. The maximum atomic E-state index is 13.2. The van der Waals surface area contributed by atoms with Gasteiger partial charge in [0.1, 0.15) is 17.3 Å². The minimum Gasteiger partial charge on any atom is -0.320 e. The number of para-hydroxylation sites is 1. The summed E-state index contributed by atoms with van der Waals surface area (Å²) >= 11 is 0. The first-order valence-corrected chi connectivity index (χ1v) is 7.33. The molecule has 0 aliphatic carbocycles. The lowest BCUT2D eigenvalue weighted by Gasteiger charge is -2.08. The molecule has 0 saturated heterocycles. The molecule has 19 heavy (non-hydrogen) atoms. The second-order valence-corrected chi connectivity index (χ2v) is 5.62. The number of rotatable bonds is 7. The predicted octanol–water partition coefficient (Wildman–Crippen LogP) is 1.26. The third kappa shape index (κ3) is 5.44. The Morgan fingerprint density at radius 3 is 2.53 bits per heavy atom. The Balaban J connectivity index is 2.37. The Morgan fingerprint density at radius 1 is 1.32 bits per heavy atom. The lowest BCUT2D eigenvalue weighted by molar-refractivity contribution is -0.115. The van der Waals surface area contributed by atoms with Crippen LogP contribution in [-0.4, -0.2) is 34.7 Å². The van der Waals surface area contributed by atoms with E-state index in [2.05, 4.69) is 10.6 Å². The van der Waals surface area contributed by atoms with E-state index in [1.807, 2.05) is 6.92 Å². The van der Waals surface area contributed by atoms with Gasteiger partial charge in [-0.15, -0.1) is 0 Å². The van der Waals surface area contributed by atoms with E-state index in [4.69, 9.17) is 0 Å². The van der Waals surface area contributed by atoms with Gasteiger partial charge in [-0.2, -0.15) is 0 Å². The summed E-state index contributed by atoms with van der Waals surface area (Å²) in [6.45, 7) is 2.13. The molecule has 1 amide bonds. The molecular weight excluding hydrogens is 274 g/mol. The van der Waals surface area contributed by atoms with Crippen molar-refractivity contribution in [2.45, 2.75) is 6.92 Å². The monoisotopic (exact) mass is 290 g/mol. The summed E-state index contributed by atoms with van der Waals surface area (Å²) in [6.07, 6.45) is 0. The molecule has 0 saturated carbocycles. The summed E-state index contributed by atoms with van der Waals surface area (Å²) < 4.78 is 37.6. The van der Waals surface area contributed by atoms with Crippen molar-refractivity contribution in [1.82, 2.24) is 5.32 Å². The number of anilines is 1. The molecule has 0 spiro atoms. The highest BCUT2D eigenvalue weighted by Gasteiger charge is 2.11. The molecular formula is C12H16F2N2O2S. The van der Waals surface area contributed by atoms with Crippen molar-refractivity contribution in [1.29, 1.82) is 0 Å². The second-order valence-electron chi connectivity index (χ2n) is 3.75. The van der Waals surface area contributed by atoms with E-state index < -0.39 is 34.0 Å². The van der Waals surface area contributed by atoms with Gasteiger partial charge in [0.25, 0.3) is 0 Å². The molecule has 1 aromatic rings. The summed E-state index contributed by atoms with van der Waals surface area (Å²) in [5, 5.41) is 4.91. The summed E-state index contributed by atoms with van der Waals surface area (Å²) in [6, 6.07) is 3.35. The van der Waals surface area contributed by atoms with E-state index in [0.29, 0.717) is 18.1 Å². The molecule has 1 atom stereocenters. The van der Waals surface area contributed by atoms with E-state index in [-0.39, 0.29) is 6.54 Å². The average molecular weight is 290 g/mol. The Hall–Kier alpha value is -1.34. The fraction of sp³-hybridized carbons (Fsp3) is 0.417. The van der Waals surface area contributed by atoms with E-state index in [1.54, 1.807) is 0 Å². The van der Waals surface area contributed by atoms with E-state index >= 15 is 0 Å². The largest absolute Gasteiger partial charge is 0.320 e. The SMILES string of the molecule is CCS(=O)CCNCC(=O)Nc1c(F)cccc1F. The van der Waals surface area contributed by atoms with Gasteiger partial charge in [0.2, 0.25) is 5.91 Å². The molecule has 0 aromatic heterocycles. The topological polar surface area (TPSA) is 58.2 Å². The highest BCUT2D eigenvalue weighted by atomic mass is 32.2. The van der Waals surface area contributed by atoms with Crippen LogP contribution in [-0.2, 0) is 15.6 Å². The molecule has 7 heteroatoms. The van der Waals surface area contributed by atoms with E-state index in [9.17, 15) is 17.8 Å². The summed E-state index contributed by atoms with van der Waals surface area (Å²) in [4.78, 5) is 11.4. The van der Waals surface area contributed by atoms with Crippen LogP contribution in [0.4, 0.5) is 14.5 Å². The van der Waals surface area contributed by atoms with Crippen molar-refractivity contribution < 1.29 is 17.8 Å². The highest BCUT2D eigenvalue weighted by molar-refractivity contribution is 7.84. The zero-order valence-corrected chi connectivity index (χ0v) is 11.4. The molecule has 106 valence electrons. The fourth-order valence-electron chi connectivity index (χ4n) is 1.33. The second kappa shape index (κ2) is 7.96. The molecule has 0 aliphatic rings. The number of hydrogen-bond donors (Lipinski definition) is 2. The Kier molecular flexibility index (Phi) is 6.58. The van der Waals surface area contributed by atoms with Crippen LogP contribution in [0.1, 0.15) is 6.92 Å². The third-order valence-electron chi connectivity index (χ3n) is 2.34. The van der Waals surface area contributed by atoms with Gasteiger partial charge in [-0.05, 0) is 12.1 Å². The summed E-state index contributed by atoms with van der Waals surface area (Å²) in [7, 11) is -0.901. The standard InChI is InChI=1S/C12H16F2N2O2S/c1-2-19(18)7-6-15-8-11(17)16-12-9(13)4-3-5-10(12)14/h3-5,15H,2,6-8H2,1H3,(H,16,17). The van der Waals surface area contributed by atoms with Crippen LogP contribution in [0, 0.1) is 11.6 Å². The van der Waals surface area contributed by atoms with Crippen molar-refractivity contribution >= 4 is 22.4 Å². The van der Waals surface area contributed by atoms with Crippen molar-refractivity contribution in [2.75, 3.05) is 29.9 Å². The molecule has 0 radical (unpaired) electrons. The van der Waals surface area contributed by atoms with Gasteiger partial charge in [-0.25, -0.2) is 8.78 Å². The molecule has 0 bridgehead atoms. The Morgan fingerprint density at radius 2 is 1.95 bits per heavy atom. The molecule has 0 aliphatic heterocycles. The number of amides is 1. The van der Waals surface area contributed by atoms with Crippen LogP contribution >= 0.6 is 0 Å². The minimum absolute atomic E-state index is 0.0886. The third-order valence-corrected chi connectivity index (χ3v) is 3.64. The van der Waals surface area contributed by atoms with Crippen molar-refractivity contribution in [2.24, 2.45) is 0 Å². The van der Waals surface area contributed by atoms with Crippen LogP contribution < -0.4 is 10.6 Å². The predicted molar refractivity (Wildman–Crippen MR) is 71.4 cm³/mol. The molecule has 1 aromatic carbocycles. The highest BCUT2D eigenvalue weighted by Crippen LogP contribution is 2.17. The smallest absolute Gasteiger partial charge is 0.238 e. The van der Waals surface area contributed by atoms with Gasteiger partial charge in [-0.3, -0.25) is 9.00 Å². The number of halogens is 2. The first-order valence-electron chi connectivity index (χ1n) is 5.84. The van der Waals surface area contributed by atoms with Crippen molar-refractivity contribution in [3.63, 3.8) is 0 Å². The number of carbonyl (C=O) groups excluding carboxylic acids is 1. The average Bonchev–Trinajstić information content (AvgIpc) is 2.39. The van der Waals surface area contributed by atoms with Crippen molar-refractivity contribution in [3.05, 3.63) is 29.8 Å². The number of carbonyl (C=O) groups is 1. The van der Waals surface area contributed by atoms with E-state index in [0.717, 1.165) is 12.1 Å². The normalized spacial score (nSPS) is 12.2. The van der Waals surface area contributed by atoms with Crippen LogP contribution in [0.2, 0.25) is 0 Å². The zero-order chi connectivity index (χ0) is 14.3. The number of nitrogens with one attached hydrogen (secondary N) is 2. The van der Waals surface area contributed by atoms with Gasteiger partial charge in [0, 0.05) is 28.9 Å². The maximum absolute atomic E-state index is 13.2. The fourth-order valence-corrected chi connectivity index (χ4v) is 1.99. The van der Waals surface area contributed by atoms with Gasteiger partial charge in [0.15, 0.2) is 0 Å². The first kappa shape index (κ1) is 15.7. The molecule has 1 unspecified atom stereocenters. The molecule has 1 rings (SSSR count). The lowest BCUT2D eigenvalue weighted by Crippen LogP contribution is -2.31. The maximum Gasteiger partial charge on any atom is 0.238 e. The van der Waals surface area contributed by atoms with Gasteiger partial charge in [-0.1, -0.05) is 13.0 Å². The quantitative estimate of drug-likeness (QED) is 0.743. The van der Waals surface area contributed by atoms with Crippen LogP contribution in [0.25, 0.3) is 0 Å². The Bertz CT molecular complexity index is 449. The van der Waals surface area contributed by atoms with E-state index in [1.165, 1.54) is 6.07 Å². The van der Waals surface area contributed by atoms with Gasteiger partial charge < -0.3 is 10.6 Å². The zero-order valence-electron chi connectivity index (χ0n) is 10.5. The van der Waals surface area contributed by atoms with Crippen LogP contribution in [0.3, 0.4) is 0 Å². The summed E-state index contributed by atoms with van der Waals surface area (Å²) in [5.74, 6) is -1.18. The summed E-state index contributed by atoms with van der Waals surface area (Å²) in [5.41, 5.74) is -0.452. The lowest BCUT2D eigenvalue weighted by atomic mass is 10.3. The van der Waals surface area contributed by atoms with Gasteiger partial charge in [0.05, 0.1) is 6.54 Å². The molecule has 0 fully saturated rings. The molecule has 0 heterocycles. The minimum atomic E-state index is -0.901. The number of benzene rings is 1. The van der Waals surface area contributed by atoms with Gasteiger partial charge >= 0.3 is 0 Å². The molecule has 2 N–H and O–H groups in total. The van der Waals surface area contributed by atoms with Crippen LogP contribution in [0.5, 0.6) is 0 Å². The number of hydrogen-bond acceptors (Lipinski definition) is 3.